The number of rotatable bonds is 5. The van der Waals surface area contributed by atoms with E-state index >= 15 is 0 Å². The molecule has 1 heterocycles. The largest absolute Gasteiger partial charge is 0.491 e. The first-order chi connectivity index (χ1) is 10.5. The zero-order valence-electron chi connectivity index (χ0n) is 13.0. The van der Waals surface area contributed by atoms with Crippen LogP contribution >= 0.6 is 11.6 Å². The molecule has 0 unspecified atom stereocenters. The summed E-state index contributed by atoms with van der Waals surface area (Å²) in [5.41, 5.74) is 4.45. The number of benzene rings is 1. The number of aryl methyl sites for hydroxylation is 3. The van der Waals surface area contributed by atoms with Gasteiger partial charge in [0, 0.05) is 0 Å². The average molecular weight is 321 g/mol. The molecule has 0 bridgehead atoms. The molecule has 1 aliphatic rings. The van der Waals surface area contributed by atoms with Crippen LogP contribution in [0.4, 0.5) is 0 Å². The molecule has 0 saturated heterocycles. The fraction of sp³-hybridized carbons (Fsp3) is 0.471. The van der Waals surface area contributed by atoms with E-state index in [4.69, 9.17) is 16.3 Å². The minimum atomic E-state index is -0.623. The smallest absolute Gasteiger partial charge is 0.119 e. The van der Waals surface area contributed by atoms with Crippen molar-refractivity contribution in [2.24, 2.45) is 0 Å². The van der Waals surface area contributed by atoms with Gasteiger partial charge in [-0.25, -0.2) is 0 Å². The zero-order valence-corrected chi connectivity index (χ0v) is 13.7. The molecule has 1 aliphatic carbocycles. The van der Waals surface area contributed by atoms with Gasteiger partial charge < -0.3 is 9.84 Å². The van der Waals surface area contributed by atoms with Gasteiger partial charge in [-0.2, -0.15) is 5.10 Å². The second-order valence-electron chi connectivity index (χ2n) is 5.92. The van der Waals surface area contributed by atoms with E-state index in [0.717, 1.165) is 30.0 Å². The number of ether oxygens (including phenoxy) is 1. The van der Waals surface area contributed by atoms with E-state index in [2.05, 4.69) is 17.2 Å². The van der Waals surface area contributed by atoms with Crippen molar-refractivity contribution < 1.29 is 9.84 Å². The predicted octanol–water partition coefficient (Wildman–Crippen LogP) is 3.08. The molecule has 0 saturated carbocycles. The van der Waals surface area contributed by atoms with Gasteiger partial charge in [0.15, 0.2) is 0 Å². The number of nitrogens with zero attached hydrogens (tertiary/aromatic N) is 2. The van der Waals surface area contributed by atoms with E-state index in [1.54, 1.807) is 4.68 Å². The van der Waals surface area contributed by atoms with Crippen molar-refractivity contribution >= 4 is 11.6 Å². The van der Waals surface area contributed by atoms with Gasteiger partial charge in [0.05, 0.1) is 23.0 Å². The molecule has 4 nitrogen and oxygen atoms in total. The minimum Gasteiger partial charge on any atom is -0.491 e. The Morgan fingerprint density at radius 2 is 2.09 bits per heavy atom. The van der Waals surface area contributed by atoms with Gasteiger partial charge in [0.1, 0.15) is 18.5 Å². The number of aromatic nitrogens is 2. The Balaban J connectivity index is 1.58. The van der Waals surface area contributed by atoms with Crippen LogP contribution < -0.4 is 4.74 Å². The lowest BCUT2D eigenvalue weighted by molar-refractivity contribution is 0.0887. The zero-order chi connectivity index (χ0) is 15.7. The number of hydrogen-bond acceptors (Lipinski definition) is 3. The van der Waals surface area contributed by atoms with Gasteiger partial charge in [0.25, 0.3) is 0 Å². The molecule has 118 valence electrons. The number of aliphatic hydroxyl groups excluding tert-OH is 1. The highest BCUT2D eigenvalue weighted by atomic mass is 35.5. The van der Waals surface area contributed by atoms with Crippen LogP contribution in [-0.2, 0) is 19.4 Å². The Bertz CT molecular complexity index is 682. The van der Waals surface area contributed by atoms with Crippen molar-refractivity contribution in [3.8, 4) is 5.75 Å². The maximum atomic E-state index is 10.2. The van der Waals surface area contributed by atoms with Crippen molar-refractivity contribution in [1.82, 2.24) is 9.78 Å². The van der Waals surface area contributed by atoms with Crippen LogP contribution in [0.3, 0.4) is 0 Å². The fourth-order valence-electron chi connectivity index (χ4n) is 2.94. The molecule has 2 aromatic rings. The van der Waals surface area contributed by atoms with E-state index in [9.17, 15) is 5.11 Å². The Morgan fingerprint density at radius 1 is 1.32 bits per heavy atom. The summed E-state index contributed by atoms with van der Waals surface area (Å²) in [6.45, 7) is 4.38. The van der Waals surface area contributed by atoms with Gasteiger partial charge in [-0.15, -0.1) is 0 Å². The van der Waals surface area contributed by atoms with Gasteiger partial charge in [-0.1, -0.05) is 17.7 Å². The minimum absolute atomic E-state index is 0.245. The maximum Gasteiger partial charge on any atom is 0.119 e. The molecule has 1 N–H and O–H groups in total. The molecule has 22 heavy (non-hydrogen) atoms. The van der Waals surface area contributed by atoms with Crippen LogP contribution in [-0.4, -0.2) is 27.6 Å². The highest BCUT2D eigenvalue weighted by Gasteiger charge is 2.15. The van der Waals surface area contributed by atoms with Crippen LogP contribution in [0, 0.1) is 13.8 Å². The highest BCUT2D eigenvalue weighted by Crippen LogP contribution is 2.26. The quantitative estimate of drug-likeness (QED) is 0.921. The van der Waals surface area contributed by atoms with Crippen LogP contribution in [0.5, 0.6) is 5.75 Å². The summed E-state index contributed by atoms with van der Waals surface area (Å²) in [5.74, 6) is 0.825. The molecular weight excluding hydrogens is 300 g/mol. The standard InChI is InChI=1S/C17H21ClN2O2/c1-11-17(18)12(2)20(19-11)9-15(21)10-22-16-7-6-13-4-3-5-14(13)8-16/h6-8,15,21H,3-5,9-10H2,1-2H3/t15-/m1/s1. The lowest BCUT2D eigenvalue weighted by Gasteiger charge is -2.14. The fourth-order valence-corrected chi connectivity index (χ4v) is 3.07. The third-order valence-corrected chi connectivity index (χ3v) is 4.74. The number of fused-ring (bicyclic) bond motifs is 1. The molecule has 1 aromatic heterocycles. The summed E-state index contributed by atoms with van der Waals surface area (Å²) < 4.78 is 7.45. The van der Waals surface area contributed by atoms with E-state index in [-0.39, 0.29) is 6.61 Å². The second-order valence-corrected chi connectivity index (χ2v) is 6.29. The Kier molecular flexibility index (Phi) is 4.41. The summed E-state index contributed by atoms with van der Waals surface area (Å²) in [6, 6.07) is 6.21. The van der Waals surface area contributed by atoms with E-state index < -0.39 is 6.10 Å². The first-order valence-corrected chi connectivity index (χ1v) is 8.04. The molecule has 0 amide bonds. The molecular formula is C17H21ClN2O2. The third-order valence-electron chi connectivity index (χ3n) is 4.19. The van der Waals surface area contributed by atoms with Gasteiger partial charge in [-0.05, 0) is 56.4 Å². The topological polar surface area (TPSA) is 47.3 Å². The van der Waals surface area contributed by atoms with Crippen LogP contribution in [0.15, 0.2) is 18.2 Å². The van der Waals surface area contributed by atoms with E-state index in [1.165, 1.54) is 17.5 Å². The Labute approximate surface area is 135 Å². The van der Waals surface area contributed by atoms with Gasteiger partial charge in [-0.3, -0.25) is 4.68 Å². The molecule has 0 spiro atoms. The third kappa shape index (κ3) is 3.13. The lowest BCUT2D eigenvalue weighted by Crippen LogP contribution is -2.24. The molecule has 3 rings (SSSR count). The molecule has 1 aromatic carbocycles. The number of halogens is 1. The van der Waals surface area contributed by atoms with Gasteiger partial charge >= 0.3 is 0 Å². The first kappa shape index (κ1) is 15.4. The second kappa shape index (κ2) is 6.31. The normalized spacial score (nSPS) is 14.9. The summed E-state index contributed by atoms with van der Waals surface area (Å²) in [5, 5.41) is 15.1. The average Bonchev–Trinajstić information content (AvgIpc) is 3.06. The van der Waals surface area contributed by atoms with Crippen LogP contribution in [0.25, 0.3) is 0 Å². The van der Waals surface area contributed by atoms with Crippen molar-refractivity contribution in [3.63, 3.8) is 0 Å². The first-order valence-electron chi connectivity index (χ1n) is 7.67. The SMILES string of the molecule is Cc1nn(C[C@@H](O)COc2ccc3c(c2)CCC3)c(C)c1Cl. The maximum absolute atomic E-state index is 10.2. The summed E-state index contributed by atoms with van der Waals surface area (Å²) in [4.78, 5) is 0. The van der Waals surface area contributed by atoms with E-state index in [0.29, 0.717) is 11.6 Å². The molecule has 0 fully saturated rings. The molecule has 0 radical (unpaired) electrons. The number of hydrogen-bond donors (Lipinski definition) is 1. The van der Waals surface area contributed by atoms with Crippen molar-refractivity contribution in [2.45, 2.75) is 45.8 Å². The van der Waals surface area contributed by atoms with E-state index in [1.807, 2.05) is 19.9 Å². The molecule has 5 heteroatoms. The highest BCUT2D eigenvalue weighted by molar-refractivity contribution is 6.31. The predicted molar refractivity (Wildman–Crippen MR) is 86.7 cm³/mol. The summed E-state index contributed by atoms with van der Waals surface area (Å²) in [7, 11) is 0. The van der Waals surface area contributed by atoms with Gasteiger partial charge in [0.2, 0.25) is 0 Å². The van der Waals surface area contributed by atoms with Crippen LogP contribution in [0.1, 0.15) is 28.9 Å². The number of aliphatic hydroxyl groups is 1. The summed E-state index contributed by atoms with van der Waals surface area (Å²) >= 11 is 6.11. The monoisotopic (exact) mass is 320 g/mol. The Morgan fingerprint density at radius 3 is 2.82 bits per heavy atom. The molecule has 1 atom stereocenters. The van der Waals surface area contributed by atoms with Crippen molar-refractivity contribution in [3.05, 3.63) is 45.7 Å². The lowest BCUT2D eigenvalue weighted by atomic mass is 10.1. The van der Waals surface area contributed by atoms with Crippen molar-refractivity contribution in [1.29, 1.82) is 0 Å². The van der Waals surface area contributed by atoms with Crippen molar-refractivity contribution in [2.75, 3.05) is 6.61 Å². The Hall–Kier alpha value is -1.52. The van der Waals surface area contributed by atoms with Crippen LogP contribution in [0.2, 0.25) is 5.02 Å². The summed E-state index contributed by atoms with van der Waals surface area (Å²) in [6.07, 6.45) is 2.89. The molecule has 0 aliphatic heterocycles.